The van der Waals surface area contributed by atoms with Crippen LogP contribution in [0, 0.1) is 9.49 Å². The molecule has 0 amide bonds. The highest BCUT2D eigenvalue weighted by atomic mass is 127. The summed E-state index contributed by atoms with van der Waals surface area (Å²) in [6.45, 7) is -0.290. The molecule has 1 aliphatic heterocycles. The van der Waals surface area contributed by atoms with Crippen molar-refractivity contribution in [1.29, 1.82) is 0 Å². The van der Waals surface area contributed by atoms with E-state index in [1.165, 1.54) is 12.1 Å². The van der Waals surface area contributed by atoms with Crippen LogP contribution in [0.15, 0.2) is 17.7 Å². The molecule has 1 unspecified atom stereocenters. The summed E-state index contributed by atoms with van der Waals surface area (Å²) in [6.07, 6.45) is -4.35. The van der Waals surface area contributed by atoms with Crippen molar-refractivity contribution in [3.05, 3.63) is 31.9 Å². The van der Waals surface area contributed by atoms with Gasteiger partial charge in [0.15, 0.2) is 0 Å². The van der Waals surface area contributed by atoms with E-state index in [2.05, 4.69) is 0 Å². The van der Waals surface area contributed by atoms with E-state index in [1.807, 2.05) is 22.6 Å². The van der Waals surface area contributed by atoms with E-state index in [0.717, 1.165) is 0 Å². The summed E-state index contributed by atoms with van der Waals surface area (Å²) in [5, 5.41) is 9.05. The first-order valence-corrected chi connectivity index (χ1v) is 7.25. The van der Waals surface area contributed by atoms with Crippen molar-refractivity contribution in [3.8, 4) is 5.75 Å². The number of ether oxygens (including phenoxy) is 1. The molecule has 1 N–H and O–H groups in total. The number of fused-ring (bicyclic) bond motifs is 1. The number of benzene rings is 1. The van der Waals surface area contributed by atoms with Crippen LogP contribution in [-0.2, 0) is 4.79 Å². The predicted molar refractivity (Wildman–Crippen MR) is 79.4 cm³/mol. The minimum atomic E-state index is -4.64. The van der Waals surface area contributed by atoms with E-state index < -0.39 is 24.5 Å². The van der Waals surface area contributed by atoms with Gasteiger partial charge >= 0.3 is 12.1 Å². The maximum atomic E-state index is 13.0. The number of aliphatic carboxylic acids is 1. The lowest BCUT2D eigenvalue weighted by Gasteiger charge is -2.26. The number of hydrogen-bond donors (Lipinski definition) is 1. The van der Waals surface area contributed by atoms with Gasteiger partial charge in [0.25, 0.3) is 0 Å². The predicted octanol–water partition coefficient (Wildman–Crippen LogP) is 4.37. The molecule has 0 saturated heterocycles. The van der Waals surface area contributed by atoms with Gasteiger partial charge in [0.05, 0.1) is 15.9 Å². The summed E-state index contributed by atoms with van der Waals surface area (Å²) in [4.78, 5) is 10.7. The van der Waals surface area contributed by atoms with Gasteiger partial charge in [-0.2, -0.15) is 13.2 Å². The van der Waals surface area contributed by atoms with Gasteiger partial charge in [-0.05, 0) is 46.4 Å². The van der Waals surface area contributed by atoms with E-state index in [4.69, 9.17) is 21.4 Å². The monoisotopic (exact) mass is 432 g/mol. The van der Waals surface area contributed by atoms with Crippen LogP contribution in [0.25, 0.3) is 6.08 Å². The Bertz CT molecular complexity index is 613. The first-order chi connectivity index (χ1) is 9.68. The molecule has 0 spiro atoms. The fraction of sp³-hybridized carbons (Fsp3) is 0.308. The molecule has 1 heterocycles. The van der Waals surface area contributed by atoms with Gasteiger partial charge in [-0.15, -0.1) is 0 Å². The highest BCUT2D eigenvalue weighted by Crippen LogP contribution is 2.40. The molecule has 0 fully saturated rings. The van der Waals surface area contributed by atoms with Crippen LogP contribution in [-0.4, -0.2) is 23.9 Å². The van der Waals surface area contributed by atoms with E-state index >= 15 is 0 Å². The molecule has 1 aromatic carbocycles. The summed E-state index contributed by atoms with van der Waals surface area (Å²) in [5.74, 6) is -3.12. The van der Waals surface area contributed by atoms with Gasteiger partial charge in [-0.3, -0.25) is 4.79 Å². The highest BCUT2D eigenvalue weighted by molar-refractivity contribution is 14.1. The molecule has 0 bridgehead atoms. The average Bonchev–Trinajstić information content (AvgIpc) is 2.33. The second-order valence-corrected chi connectivity index (χ2v) is 6.10. The Morgan fingerprint density at radius 2 is 2.14 bits per heavy atom. The molecule has 0 saturated carbocycles. The fourth-order valence-corrected chi connectivity index (χ4v) is 3.28. The van der Waals surface area contributed by atoms with E-state index in [0.29, 0.717) is 19.9 Å². The highest BCUT2D eigenvalue weighted by Gasteiger charge is 2.44. The van der Waals surface area contributed by atoms with Crippen LogP contribution in [0.5, 0.6) is 5.75 Å². The minimum Gasteiger partial charge on any atom is -0.487 e. The zero-order valence-corrected chi connectivity index (χ0v) is 13.3. The van der Waals surface area contributed by atoms with Gasteiger partial charge in [0, 0.05) is 10.6 Å². The first-order valence-electron chi connectivity index (χ1n) is 5.79. The molecule has 21 heavy (non-hydrogen) atoms. The summed E-state index contributed by atoms with van der Waals surface area (Å²) >= 11 is 7.85. The van der Waals surface area contributed by atoms with Crippen molar-refractivity contribution in [2.24, 2.45) is 5.92 Å². The van der Waals surface area contributed by atoms with E-state index in [-0.39, 0.29) is 12.2 Å². The first kappa shape index (κ1) is 16.4. The van der Waals surface area contributed by atoms with Gasteiger partial charge in [-0.1, -0.05) is 11.6 Å². The number of carboxylic acids is 1. The molecule has 0 aromatic heterocycles. The van der Waals surface area contributed by atoms with Crippen LogP contribution >= 0.6 is 34.2 Å². The third-order valence-electron chi connectivity index (χ3n) is 2.98. The second kappa shape index (κ2) is 6.04. The number of alkyl halides is 3. The van der Waals surface area contributed by atoms with Gasteiger partial charge in [0.1, 0.15) is 12.4 Å². The normalized spacial score (nSPS) is 15.8. The summed E-state index contributed by atoms with van der Waals surface area (Å²) in [6, 6.07) is 3.13. The third-order valence-corrected chi connectivity index (χ3v) is 4.00. The van der Waals surface area contributed by atoms with Crippen LogP contribution in [0.4, 0.5) is 13.2 Å². The molecular weight excluding hydrogens is 423 g/mol. The van der Waals surface area contributed by atoms with Crippen molar-refractivity contribution in [2.45, 2.75) is 12.6 Å². The standard InChI is InChI=1S/C13H9ClF3IO3/c14-8-2-6-1-7(5-21-12(6)10(18)3-8)9(4-11(19)20)13(15,16)17/h1-3,9H,4-5H2,(H,19,20). The SMILES string of the molecule is O=C(O)CC(C1=Cc2cc(Cl)cc(I)c2OC1)C(F)(F)F. The van der Waals surface area contributed by atoms with Crippen LogP contribution in [0.2, 0.25) is 5.02 Å². The third kappa shape index (κ3) is 3.82. The molecule has 1 aliphatic rings. The van der Waals surface area contributed by atoms with Crippen molar-refractivity contribution < 1.29 is 27.8 Å². The minimum absolute atomic E-state index is 0.115. The van der Waals surface area contributed by atoms with Crippen LogP contribution < -0.4 is 4.74 Å². The molecule has 3 nitrogen and oxygen atoms in total. The molecule has 114 valence electrons. The number of rotatable bonds is 3. The molecule has 1 atom stereocenters. The summed E-state index contributed by atoms with van der Waals surface area (Å²) < 4.78 is 45.1. The molecule has 8 heteroatoms. The van der Waals surface area contributed by atoms with Crippen molar-refractivity contribution in [2.75, 3.05) is 6.61 Å². The average molecular weight is 433 g/mol. The lowest BCUT2D eigenvalue weighted by Crippen LogP contribution is -2.30. The number of halogens is 5. The molecule has 2 rings (SSSR count). The Kier molecular flexibility index (Phi) is 4.72. The quantitative estimate of drug-likeness (QED) is 0.722. The molecule has 0 aliphatic carbocycles. The second-order valence-electron chi connectivity index (χ2n) is 4.51. The zero-order chi connectivity index (χ0) is 15.8. The van der Waals surface area contributed by atoms with Gasteiger partial charge < -0.3 is 9.84 Å². The molecular formula is C13H9ClF3IO3. The number of hydrogen-bond acceptors (Lipinski definition) is 2. The lowest BCUT2D eigenvalue weighted by molar-refractivity contribution is -0.174. The summed E-state index contributed by atoms with van der Waals surface area (Å²) in [5.41, 5.74) is 0.309. The topological polar surface area (TPSA) is 46.5 Å². The van der Waals surface area contributed by atoms with E-state index in [9.17, 15) is 18.0 Å². The lowest BCUT2D eigenvalue weighted by atomic mass is 9.92. The molecule has 1 aromatic rings. The molecule has 0 radical (unpaired) electrons. The Morgan fingerprint density at radius 3 is 2.71 bits per heavy atom. The van der Waals surface area contributed by atoms with Crippen molar-refractivity contribution >= 4 is 46.2 Å². The number of carboxylic acid groups (broad SMARTS) is 1. The van der Waals surface area contributed by atoms with Gasteiger partial charge in [-0.25, -0.2) is 0 Å². The largest absolute Gasteiger partial charge is 0.487 e. The van der Waals surface area contributed by atoms with Crippen LogP contribution in [0.1, 0.15) is 12.0 Å². The summed E-state index contributed by atoms with van der Waals surface area (Å²) in [7, 11) is 0. The maximum absolute atomic E-state index is 13.0. The number of carbonyl (C=O) groups is 1. The van der Waals surface area contributed by atoms with Crippen LogP contribution in [0.3, 0.4) is 0 Å². The Labute approximate surface area is 136 Å². The zero-order valence-electron chi connectivity index (χ0n) is 10.4. The van der Waals surface area contributed by atoms with E-state index in [1.54, 1.807) is 6.07 Å². The Balaban J connectivity index is 2.43. The van der Waals surface area contributed by atoms with Crippen molar-refractivity contribution in [1.82, 2.24) is 0 Å². The smallest absolute Gasteiger partial charge is 0.396 e. The fourth-order valence-electron chi connectivity index (χ4n) is 2.07. The Hall–Kier alpha value is -0.960. The Morgan fingerprint density at radius 1 is 1.48 bits per heavy atom. The van der Waals surface area contributed by atoms with Crippen molar-refractivity contribution in [3.63, 3.8) is 0 Å². The van der Waals surface area contributed by atoms with Gasteiger partial charge in [0.2, 0.25) is 0 Å². The maximum Gasteiger partial charge on any atom is 0.396 e.